The molecule has 2 N–H and O–H groups in total. The highest BCUT2D eigenvalue weighted by Crippen LogP contribution is 2.28. The van der Waals surface area contributed by atoms with Gasteiger partial charge in [-0.3, -0.25) is 4.79 Å². The molecule has 0 aliphatic heterocycles. The number of rotatable bonds is 3. The van der Waals surface area contributed by atoms with Gasteiger partial charge >= 0.3 is 0 Å². The third-order valence-electron chi connectivity index (χ3n) is 3.20. The van der Waals surface area contributed by atoms with Crippen LogP contribution in [0.25, 0.3) is 0 Å². The molecule has 1 fully saturated rings. The number of amides is 1. The average Bonchev–Trinajstić information content (AvgIpc) is 2.77. The minimum Gasteiger partial charge on any atom is -0.508 e. The van der Waals surface area contributed by atoms with E-state index < -0.39 is 0 Å². The highest BCUT2D eigenvalue weighted by atomic mass is 32.2. The fraction of sp³-hybridized carbons (Fsp3) is 0.462. The number of thioether (sulfide) groups is 1. The van der Waals surface area contributed by atoms with Gasteiger partial charge in [0.25, 0.3) is 5.91 Å². The van der Waals surface area contributed by atoms with Crippen LogP contribution < -0.4 is 5.32 Å². The van der Waals surface area contributed by atoms with Crippen LogP contribution in [0.5, 0.6) is 5.75 Å². The number of hydrogen-bond donors (Lipinski definition) is 2. The van der Waals surface area contributed by atoms with Crippen molar-refractivity contribution in [2.75, 3.05) is 6.26 Å². The van der Waals surface area contributed by atoms with Crippen molar-refractivity contribution in [3.63, 3.8) is 0 Å². The number of phenols is 1. The Morgan fingerprint density at radius 1 is 1.35 bits per heavy atom. The Labute approximate surface area is 106 Å². The van der Waals surface area contributed by atoms with Crippen LogP contribution in [-0.4, -0.2) is 28.6 Å². The summed E-state index contributed by atoms with van der Waals surface area (Å²) in [6.07, 6.45) is 5.53. The molecule has 1 saturated carbocycles. The van der Waals surface area contributed by atoms with Gasteiger partial charge in [0, 0.05) is 16.9 Å². The second kappa shape index (κ2) is 5.45. The molecule has 0 bridgehead atoms. The molecule has 4 heteroatoms. The van der Waals surface area contributed by atoms with Crippen molar-refractivity contribution >= 4 is 17.7 Å². The van der Waals surface area contributed by atoms with Gasteiger partial charge in [-0.2, -0.15) is 11.8 Å². The van der Waals surface area contributed by atoms with Crippen molar-refractivity contribution in [1.29, 1.82) is 0 Å². The Bertz CT molecular complexity index is 391. The molecule has 2 rings (SSSR count). The minimum absolute atomic E-state index is 0.0454. The molecular formula is C13H17NO2S. The summed E-state index contributed by atoms with van der Waals surface area (Å²) in [5, 5.41) is 12.8. The second-order valence-electron chi connectivity index (χ2n) is 4.33. The van der Waals surface area contributed by atoms with Crippen LogP contribution in [0.15, 0.2) is 24.3 Å². The topological polar surface area (TPSA) is 49.3 Å². The van der Waals surface area contributed by atoms with E-state index in [1.165, 1.54) is 25.0 Å². The molecule has 2 unspecified atom stereocenters. The maximum absolute atomic E-state index is 12.0. The van der Waals surface area contributed by atoms with E-state index in [0.29, 0.717) is 10.8 Å². The SMILES string of the molecule is CSC1CCCC1NC(=O)c1ccc(O)cc1. The monoisotopic (exact) mass is 251 g/mol. The summed E-state index contributed by atoms with van der Waals surface area (Å²) in [5.41, 5.74) is 0.606. The highest BCUT2D eigenvalue weighted by molar-refractivity contribution is 7.99. The summed E-state index contributed by atoms with van der Waals surface area (Å²) in [5.74, 6) is 0.139. The third-order valence-corrected chi connectivity index (χ3v) is 4.37. The first-order valence-electron chi connectivity index (χ1n) is 5.83. The van der Waals surface area contributed by atoms with Crippen LogP contribution in [0, 0.1) is 0 Å². The fourth-order valence-electron chi connectivity index (χ4n) is 2.24. The molecule has 2 atom stereocenters. The van der Waals surface area contributed by atoms with Gasteiger partial charge in [-0.15, -0.1) is 0 Å². The highest BCUT2D eigenvalue weighted by Gasteiger charge is 2.27. The van der Waals surface area contributed by atoms with Crippen molar-refractivity contribution in [3.8, 4) is 5.75 Å². The van der Waals surface area contributed by atoms with E-state index in [1.807, 2.05) is 11.8 Å². The van der Waals surface area contributed by atoms with Crippen molar-refractivity contribution in [1.82, 2.24) is 5.32 Å². The molecule has 0 radical (unpaired) electrons. The van der Waals surface area contributed by atoms with Crippen LogP contribution in [0.1, 0.15) is 29.6 Å². The first-order valence-corrected chi connectivity index (χ1v) is 7.12. The van der Waals surface area contributed by atoms with E-state index in [2.05, 4.69) is 11.6 Å². The van der Waals surface area contributed by atoms with Gasteiger partial charge in [-0.05, 0) is 43.4 Å². The third kappa shape index (κ3) is 2.94. The van der Waals surface area contributed by atoms with E-state index in [-0.39, 0.29) is 17.7 Å². The van der Waals surface area contributed by atoms with E-state index in [9.17, 15) is 4.79 Å². The lowest BCUT2D eigenvalue weighted by atomic mass is 10.1. The first kappa shape index (κ1) is 12.3. The van der Waals surface area contributed by atoms with Crippen LogP contribution in [0.4, 0.5) is 0 Å². The Morgan fingerprint density at radius 3 is 2.71 bits per heavy atom. The van der Waals surface area contributed by atoms with E-state index >= 15 is 0 Å². The predicted octanol–water partition coefficient (Wildman–Crippen LogP) is 2.41. The van der Waals surface area contributed by atoms with Crippen LogP contribution in [0.3, 0.4) is 0 Å². The largest absolute Gasteiger partial charge is 0.508 e. The number of benzene rings is 1. The molecule has 92 valence electrons. The average molecular weight is 251 g/mol. The van der Waals surface area contributed by atoms with Crippen molar-refractivity contribution in [3.05, 3.63) is 29.8 Å². The van der Waals surface area contributed by atoms with Gasteiger partial charge in [-0.25, -0.2) is 0 Å². The molecule has 0 spiro atoms. The summed E-state index contributed by atoms with van der Waals surface area (Å²) in [7, 11) is 0. The molecule has 1 amide bonds. The maximum Gasteiger partial charge on any atom is 0.251 e. The van der Waals surface area contributed by atoms with Gasteiger partial charge in [0.1, 0.15) is 5.75 Å². The zero-order valence-electron chi connectivity index (χ0n) is 9.85. The lowest BCUT2D eigenvalue weighted by Crippen LogP contribution is -2.38. The number of carbonyl (C=O) groups is 1. The van der Waals surface area contributed by atoms with E-state index in [4.69, 9.17) is 5.11 Å². The minimum atomic E-state index is -0.0454. The molecule has 0 saturated heterocycles. The number of carbonyl (C=O) groups excluding carboxylic acids is 1. The quantitative estimate of drug-likeness (QED) is 0.867. The molecule has 1 aliphatic carbocycles. The smallest absolute Gasteiger partial charge is 0.251 e. The number of hydrogen-bond acceptors (Lipinski definition) is 3. The zero-order valence-corrected chi connectivity index (χ0v) is 10.7. The Kier molecular flexibility index (Phi) is 3.94. The fourth-order valence-corrected chi connectivity index (χ4v) is 3.17. The van der Waals surface area contributed by atoms with Crippen molar-refractivity contribution < 1.29 is 9.90 Å². The Morgan fingerprint density at radius 2 is 2.06 bits per heavy atom. The Balaban J connectivity index is 1.99. The molecule has 1 aliphatic rings. The Hall–Kier alpha value is -1.16. The molecule has 0 aromatic heterocycles. The second-order valence-corrected chi connectivity index (χ2v) is 5.41. The maximum atomic E-state index is 12.0. The normalized spacial score (nSPS) is 23.6. The van der Waals surface area contributed by atoms with E-state index in [0.717, 1.165) is 6.42 Å². The van der Waals surface area contributed by atoms with Gasteiger partial charge < -0.3 is 10.4 Å². The van der Waals surface area contributed by atoms with Crippen LogP contribution >= 0.6 is 11.8 Å². The molecular weight excluding hydrogens is 234 g/mol. The lowest BCUT2D eigenvalue weighted by Gasteiger charge is -2.19. The number of phenolic OH excluding ortho intramolecular Hbond substituents is 1. The molecule has 0 heterocycles. The zero-order chi connectivity index (χ0) is 12.3. The molecule has 3 nitrogen and oxygen atoms in total. The number of nitrogens with one attached hydrogen (secondary N) is 1. The van der Waals surface area contributed by atoms with Crippen LogP contribution in [0.2, 0.25) is 0 Å². The van der Waals surface area contributed by atoms with Gasteiger partial charge in [0.2, 0.25) is 0 Å². The van der Waals surface area contributed by atoms with Crippen molar-refractivity contribution in [2.45, 2.75) is 30.6 Å². The van der Waals surface area contributed by atoms with Gasteiger partial charge in [0.15, 0.2) is 0 Å². The standard InChI is InChI=1S/C13H17NO2S/c1-17-12-4-2-3-11(12)14-13(16)9-5-7-10(15)8-6-9/h5-8,11-12,15H,2-4H2,1H3,(H,14,16). The predicted molar refractivity (Wildman–Crippen MR) is 70.5 cm³/mol. The van der Waals surface area contributed by atoms with Crippen molar-refractivity contribution in [2.24, 2.45) is 0 Å². The molecule has 17 heavy (non-hydrogen) atoms. The first-order chi connectivity index (χ1) is 8.20. The summed E-state index contributed by atoms with van der Waals surface area (Å²) < 4.78 is 0. The number of aromatic hydroxyl groups is 1. The van der Waals surface area contributed by atoms with Gasteiger partial charge in [0.05, 0.1) is 0 Å². The summed E-state index contributed by atoms with van der Waals surface area (Å²) in [6.45, 7) is 0. The summed E-state index contributed by atoms with van der Waals surface area (Å²) >= 11 is 1.83. The molecule has 1 aromatic rings. The summed E-state index contributed by atoms with van der Waals surface area (Å²) in [4.78, 5) is 12.0. The summed E-state index contributed by atoms with van der Waals surface area (Å²) in [6, 6.07) is 6.65. The lowest BCUT2D eigenvalue weighted by molar-refractivity contribution is 0.0938. The van der Waals surface area contributed by atoms with Crippen LogP contribution in [-0.2, 0) is 0 Å². The van der Waals surface area contributed by atoms with E-state index in [1.54, 1.807) is 12.1 Å². The molecule has 1 aromatic carbocycles. The van der Waals surface area contributed by atoms with Gasteiger partial charge in [-0.1, -0.05) is 6.42 Å².